The molecule has 0 fully saturated rings. The summed E-state index contributed by atoms with van der Waals surface area (Å²) < 4.78 is 28.5. The maximum Gasteiger partial charge on any atom is 0.305 e. The van der Waals surface area contributed by atoms with Gasteiger partial charge in [0.05, 0.1) is 40.8 Å². The first kappa shape index (κ1) is 22.4. The SMILES string of the molecule is COC(=O)CCC[NH+](C/C=C/c1ccc(OC)c(OC)c1)Cc1ccc(F)cc1. The van der Waals surface area contributed by atoms with Crippen molar-refractivity contribution >= 4 is 12.0 Å². The molecule has 0 saturated heterocycles. The molecule has 0 bridgehead atoms. The highest BCUT2D eigenvalue weighted by atomic mass is 19.1. The lowest BCUT2D eigenvalue weighted by molar-refractivity contribution is -0.908. The maximum atomic E-state index is 13.2. The van der Waals surface area contributed by atoms with Crippen molar-refractivity contribution in [2.45, 2.75) is 19.4 Å². The predicted molar refractivity (Wildman–Crippen MR) is 111 cm³/mol. The number of carbonyl (C=O) groups excluding carboxylic acids is 1. The first-order valence-corrected chi connectivity index (χ1v) is 9.59. The van der Waals surface area contributed by atoms with Crippen molar-refractivity contribution in [3.63, 3.8) is 0 Å². The maximum absolute atomic E-state index is 13.2. The minimum atomic E-state index is -0.241. The van der Waals surface area contributed by atoms with Gasteiger partial charge >= 0.3 is 5.97 Å². The zero-order valence-corrected chi connectivity index (χ0v) is 17.2. The van der Waals surface area contributed by atoms with Crippen LogP contribution in [-0.4, -0.2) is 40.4 Å². The summed E-state index contributed by atoms with van der Waals surface area (Å²) >= 11 is 0. The Hall–Kier alpha value is -2.86. The fourth-order valence-corrected chi connectivity index (χ4v) is 3.06. The van der Waals surface area contributed by atoms with Gasteiger partial charge < -0.3 is 19.1 Å². The van der Waals surface area contributed by atoms with Gasteiger partial charge in [0.1, 0.15) is 12.4 Å². The Bertz CT molecular complexity index is 805. The number of methoxy groups -OCH3 is 3. The average Bonchev–Trinajstić information content (AvgIpc) is 2.74. The second-order valence-corrected chi connectivity index (χ2v) is 6.70. The van der Waals surface area contributed by atoms with E-state index in [0.29, 0.717) is 17.9 Å². The molecule has 2 rings (SSSR count). The first-order chi connectivity index (χ1) is 14.0. The monoisotopic (exact) mass is 402 g/mol. The molecular formula is C23H29FNO4+. The van der Waals surface area contributed by atoms with Crippen LogP contribution in [-0.2, 0) is 16.1 Å². The van der Waals surface area contributed by atoms with E-state index in [-0.39, 0.29) is 11.8 Å². The van der Waals surface area contributed by atoms with Crippen LogP contribution in [0.2, 0.25) is 0 Å². The van der Waals surface area contributed by atoms with Crippen LogP contribution in [0.5, 0.6) is 11.5 Å². The number of halogens is 1. The molecule has 0 amide bonds. The number of hydrogen-bond donors (Lipinski definition) is 1. The first-order valence-electron chi connectivity index (χ1n) is 9.59. The number of rotatable bonds is 11. The molecule has 0 aromatic heterocycles. The van der Waals surface area contributed by atoms with Gasteiger partial charge in [-0.05, 0) is 35.9 Å². The van der Waals surface area contributed by atoms with Crippen LogP contribution in [0.15, 0.2) is 48.5 Å². The lowest BCUT2D eigenvalue weighted by Crippen LogP contribution is -3.10. The van der Waals surface area contributed by atoms with Crippen molar-refractivity contribution in [2.75, 3.05) is 34.4 Å². The van der Waals surface area contributed by atoms with E-state index in [0.717, 1.165) is 37.2 Å². The topological polar surface area (TPSA) is 49.2 Å². The second-order valence-electron chi connectivity index (χ2n) is 6.70. The summed E-state index contributed by atoms with van der Waals surface area (Å²) in [4.78, 5) is 12.7. The van der Waals surface area contributed by atoms with E-state index in [1.807, 2.05) is 24.3 Å². The highest BCUT2D eigenvalue weighted by Gasteiger charge is 2.10. The van der Waals surface area contributed by atoms with Crippen LogP contribution in [0.4, 0.5) is 4.39 Å². The van der Waals surface area contributed by atoms with E-state index in [9.17, 15) is 9.18 Å². The zero-order chi connectivity index (χ0) is 21.1. The number of nitrogens with one attached hydrogen (secondary N) is 1. The summed E-state index contributed by atoms with van der Waals surface area (Å²) in [6, 6.07) is 12.3. The molecule has 0 saturated carbocycles. The fourth-order valence-electron chi connectivity index (χ4n) is 3.06. The fraction of sp³-hybridized carbons (Fsp3) is 0.348. The van der Waals surface area contributed by atoms with E-state index in [1.165, 1.54) is 24.1 Å². The molecule has 6 heteroatoms. The molecule has 1 atom stereocenters. The van der Waals surface area contributed by atoms with Crippen molar-refractivity contribution in [1.29, 1.82) is 0 Å². The van der Waals surface area contributed by atoms with Gasteiger partial charge in [-0.3, -0.25) is 4.79 Å². The number of carbonyl (C=O) groups is 1. The normalized spacial score (nSPS) is 12.0. The molecule has 0 spiro atoms. The molecule has 1 N–H and O–H groups in total. The summed E-state index contributed by atoms with van der Waals surface area (Å²) in [5.74, 6) is 0.931. The van der Waals surface area contributed by atoms with Crippen LogP contribution in [0.25, 0.3) is 6.08 Å². The summed E-state index contributed by atoms with van der Waals surface area (Å²) in [6.45, 7) is 2.33. The van der Waals surface area contributed by atoms with Crippen LogP contribution in [0.1, 0.15) is 24.0 Å². The third kappa shape index (κ3) is 7.58. The highest BCUT2D eigenvalue weighted by Crippen LogP contribution is 2.27. The lowest BCUT2D eigenvalue weighted by atomic mass is 10.1. The molecule has 156 valence electrons. The van der Waals surface area contributed by atoms with Crippen molar-refractivity contribution < 1.29 is 28.3 Å². The van der Waals surface area contributed by atoms with E-state index in [2.05, 4.69) is 6.08 Å². The molecule has 29 heavy (non-hydrogen) atoms. The van der Waals surface area contributed by atoms with Crippen LogP contribution in [0, 0.1) is 5.82 Å². The third-order valence-corrected chi connectivity index (χ3v) is 4.63. The van der Waals surface area contributed by atoms with Crippen LogP contribution >= 0.6 is 0 Å². The van der Waals surface area contributed by atoms with Gasteiger partial charge in [0.2, 0.25) is 0 Å². The molecule has 0 heterocycles. The average molecular weight is 402 g/mol. The summed E-state index contributed by atoms with van der Waals surface area (Å²) in [7, 11) is 4.62. The quantitative estimate of drug-likeness (QED) is 0.587. The Morgan fingerprint density at radius 1 is 1.03 bits per heavy atom. The third-order valence-electron chi connectivity index (χ3n) is 4.63. The molecule has 0 aliphatic heterocycles. The summed E-state index contributed by atoms with van der Waals surface area (Å²) in [5, 5.41) is 0. The van der Waals surface area contributed by atoms with Gasteiger partial charge in [-0.2, -0.15) is 0 Å². The van der Waals surface area contributed by atoms with Gasteiger partial charge in [-0.1, -0.05) is 24.3 Å². The van der Waals surface area contributed by atoms with Gasteiger partial charge in [0, 0.05) is 12.0 Å². The molecule has 5 nitrogen and oxygen atoms in total. The molecule has 2 aromatic rings. The summed E-state index contributed by atoms with van der Waals surface area (Å²) in [5.41, 5.74) is 2.07. The van der Waals surface area contributed by atoms with Gasteiger partial charge in [-0.25, -0.2) is 4.39 Å². The Morgan fingerprint density at radius 3 is 2.41 bits per heavy atom. The molecule has 0 aliphatic rings. The number of esters is 1. The highest BCUT2D eigenvalue weighted by molar-refractivity contribution is 5.69. The van der Waals surface area contributed by atoms with Crippen LogP contribution in [0.3, 0.4) is 0 Å². The Morgan fingerprint density at radius 2 is 1.76 bits per heavy atom. The molecule has 0 aliphatic carbocycles. The van der Waals surface area contributed by atoms with E-state index < -0.39 is 0 Å². The van der Waals surface area contributed by atoms with Gasteiger partial charge in [0.15, 0.2) is 11.5 Å². The van der Waals surface area contributed by atoms with E-state index in [1.54, 1.807) is 26.4 Å². The van der Waals surface area contributed by atoms with Crippen LogP contribution < -0.4 is 14.4 Å². The standard InChI is InChI=1S/C23H28FNO4/c1-27-21-13-10-18(16-22(21)28-2)6-4-14-25(15-5-7-23(26)29-3)17-19-8-11-20(24)12-9-19/h4,6,8-13,16H,5,7,14-15,17H2,1-3H3/p+1/b6-4+. The van der Waals surface area contributed by atoms with Crippen molar-refractivity contribution in [1.82, 2.24) is 0 Å². The minimum absolute atomic E-state index is 0.202. The molecular weight excluding hydrogens is 373 g/mol. The van der Waals surface area contributed by atoms with Gasteiger partial charge in [0.25, 0.3) is 0 Å². The smallest absolute Gasteiger partial charge is 0.305 e. The Kier molecular flexibility index (Phi) is 9.18. The lowest BCUT2D eigenvalue weighted by Gasteiger charge is -2.18. The number of quaternary nitrogens is 1. The largest absolute Gasteiger partial charge is 0.493 e. The van der Waals surface area contributed by atoms with Gasteiger partial charge in [-0.15, -0.1) is 0 Å². The Labute approximate surface area is 171 Å². The second kappa shape index (κ2) is 11.9. The van der Waals surface area contributed by atoms with E-state index in [4.69, 9.17) is 14.2 Å². The summed E-state index contributed by atoms with van der Waals surface area (Å²) in [6.07, 6.45) is 5.25. The molecule has 1 unspecified atom stereocenters. The molecule has 0 radical (unpaired) electrons. The Balaban J connectivity index is 2.02. The predicted octanol–water partition coefficient (Wildman–Crippen LogP) is 2.89. The number of benzene rings is 2. The van der Waals surface area contributed by atoms with Crippen molar-refractivity contribution in [3.8, 4) is 11.5 Å². The zero-order valence-electron chi connectivity index (χ0n) is 17.2. The minimum Gasteiger partial charge on any atom is -0.493 e. The van der Waals surface area contributed by atoms with Crippen molar-refractivity contribution in [2.24, 2.45) is 0 Å². The van der Waals surface area contributed by atoms with Crippen molar-refractivity contribution in [3.05, 3.63) is 65.5 Å². The number of ether oxygens (including phenoxy) is 3. The van der Waals surface area contributed by atoms with E-state index >= 15 is 0 Å². The number of hydrogen-bond acceptors (Lipinski definition) is 4. The molecule has 2 aromatic carbocycles.